The first-order valence-corrected chi connectivity index (χ1v) is 17.3. The van der Waals surface area contributed by atoms with E-state index in [0.717, 1.165) is 27.6 Å². The molecule has 0 radical (unpaired) electrons. The van der Waals surface area contributed by atoms with Crippen LogP contribution in [0.3, 0.4) is 0 Å². The second-order valence-electron chi connectivity index (χ2n) is 16.1. The van der Waals surface area contributed by atoms with E-state index in [2.05, 4.69) is 60.9 Å². The zero-order valence-electron chi connectivity index (χ0n) is 36.9. The van der Waals surface area contributed by atoms with Gasteiger partial charge in [-0.3, -0.25) is 18.7 Å². The highest BCUT2D eigenvalue weighted by molar-refractivity contribution is 6.09. The topological polar surface area (TPSA) is 48.8 Å². The van der Waals surface area contributed by atoms with Gasteiger partial charge in [-0.2, -0.15) is 0 Å². The molecule has 4 aromatic heterocycles. The normalized spacial score (nSPS) is 14.8. The molecule has 260 valence electrons. The molecule has 4 heterocycles. The molecule has 0 bridgehead atoms. The molecule has 6 nitrogen and oxygen atoms in total. The molecule has 0 aliphatic carbocycles. The molecule has 0 unspecified atom stereocenters. The van der Waals surface area contributed by atoms with Crippen LogP contribution in [0, 0.1) is 17.2 Å². The van der Waals surface area contributed by atoms with Crippen molar-refractivity contribution < 1.29 is 17.5 Å². The largest absolute Gasteiger partial charge is 0.458 e. The van der Waals surface area contributed by atoms with Gasteiger partial charge in [-0.1, -0.05) is 97.7 Å². The number of benzene rings is 3. The zero-order valence-corrected chi connectivity index (χ0v) is 30.9. The van der Waals surface area contributed by atoms with Gasteiger partial charge in [0.05, 0.1) is 19.5 Å². The van der Waals surface area contributed by atoms with E-state index in [1.165, 1.54) is 14.7 Å². The quantitative estimate of drug-likeness (QED) is 0.124. The lowest BCUT2D eigenvalue weighted by Crippen LogP contribution is -2.29. The Hall–Kier alpha value is -5.23. The first-order valence-electron chi connectivity index (χ1n) is 20.3. The SMILES string of the molecule is [2H]c1c([2H])[n+](-c2cc(C([2H])([2H])C(C)(C)C)cc(C([2H])([2H])C(C)(C)C)c2)[c-]n1-c1cc(Oc2ccc3c4ccccc4n(-c4cc(C(C)(C)C)ccn4)c3c2)ccn1. The Morgan fingerprint density at radius 3 is 2.06 bits per heavy atom. The zero-order chi connectivity index (χ0) is 41.5. The Morgan fingerprint density at radius 2 is 1.35 bits per heavy atom. The summed E-state index contributed by atoms with van der Waals surface area (Å²) in [6.45, 7) is 17.3. The van der Waals surface area contributed by atoms with Gasteiger partial charge in [-0.05, 0) is 83.1 Å². The predicted octanol–water partition coefficient (Wildman–Crippen LogP) is 10.7. The molecule has 0 amide bonds. The fourth-order valence-electron chi connectivity index (χ4n) is 6.22. The first kappa shape index (κ1) is 27.5. The minimum Gasteiger partial charge on any atom is -0.458 e. The van der Waals surface area contributed by atoms with E-state index >= 15 is 0 Å². The second kappa shape index (κ2) is 12.8. The average molecular weight is 682 g/mol. The monoisotopic (exact) mass is 681 g/mol. The molecule has 51 heavy (non-hydrogen) atoms. The lowest BCUT2D eigenvalue weighted by molar-refractivity contribution is -0.599. The number of ether oxygens (including phenoxy) is 1. The van der Waals surface area contributed by atoms with Crippen LogP contribution in [0.1, 0.15) is 87.2 Å². The highest BCUT2D eigenvalue weighted by Gasteiger charge is 2.19. The van der Waals surface area contributed by atoms with Crippen LogP contribution in [0.25, 0.3) is 39.1 Å². The van der Waals surface area contributed by atoms with E-state index in [9.17, 15) is 0 Å². The summed E-state index contributed by atoms with van der Waals surface area (Å²) < 4.78 is 65.4. The van der Waals surface area contributed by atoms with Crippen molar-refractivity contribution in [2.75, 3.05) is 0 Å². The Labute approximate surface area is 310 Å². The van der Waals surface area contributed by atoms with Crippen LogP contribution in [0.15, 0.2) is 110 Å². The maximum Gasteiger partial charge on any atom is 0.270 e. The molecule has 0 fully saturated rings. The maximum absolute atomic E-state index is 9.05. The first-order chi connectivity index (χ1) is 26.5. The van der Waals surface area contributed by atoms with Gasteiger partial charge in [0, 0.05) is 53.1 Å². The van der Waals surface area contributed by atoms with Crippen molar-refractivity contribution in [1.29, 1.82) is 0 Å². The van der Waals surface area contributed by atoms with Crippen LogP contribution in [0.2, 0.25) is 0 Å². The number of hydrogen-bond acceptors (Lipinski definition) is 3. The molecule has 6 heteroatoms. The summed E-state index contributed by atoms with van der Waals surface area (Å²) in [6, 6.07) is 26.6. The molecular formula is C45H49N5O. The second-order valence-corrected chi connectivity index (χ2v) is 16.1. The molecule has 0 saturated carbocycles. The van der Waals surface area contributed by atoms with Crippen molar-refractivity contribution in [3.05, 3.63) is 133 Å². The van der Waals surface area contributed by atoms with Crippen LogP contribution >= 0.6 is 0 Å². The molecular weight excluding hydrogens is 627 g/mol. The van der Waals surface area contributed by atoms with Gasteiger partial charge in [-0.15, -0.1) is 0 Å². The molecule has 0 N–H and O–H groups in total. The van der Waals surface area contributed by atoms with Crippen molar-refractivity contribution in [2.24, 2.45) is 10.8 Å². The molecule has 0 saturated heterocycles. The van der Waals surface area contributed by atoms with Crippen molar-refractivity contribution in [3.8, 4) is 28.8 Å². The smallest absolute Gasteiger partial charge is 0.270 e. The third-order valence-corrected chi connectivity index (χ3v) is 8.36. The number of hydrogen-bond donors (Lipinski definition) is 0. The van der Waals surface area contributed by atoms with Crippen LogP contribution < -0.4 is 9.30 Å². The molecule has 0 aliphatic rings. The fourth-order valence-corrected chi connectivity index (χ4v) is 6.22. The molecule has 7 rings (SSSR count). The van der Waals surface area contributed by atoms with Gasteiger partial charge in [-0.25, -0.2) is 4.98 Å². The maximum atomic E-state index is 9.05. The van der Waals surface area contributed by atoms with Gasteiger partial charge in [0.1, 0.15) is 17.3 Å². The summed E-state index contributed by atoms with van der Waals surface area (Å²) in [5.74, 6) is 2.13. The molecule has 3 aromatic carbocycles. The lowest BCUT2D eigenvalue weighted by atomic mass is 9.84. The third-order valence-electron chi connectivity index (χ3n) is 8.36. The number of aromatic nitrogens is 5. The highest BCUT2D eigenvalue weighted by atomic mass is 16.5. The predicted molar refractivity (Wildman–Crippen MR) is 208 cm³/mol. The van der Waals surface area contributed by atoms with Crippen LogP contribution in [-0.2, 0) is 18.2 Å². The fraction of sp³-hybridized carbons (Fsp3) is 0.311. The Morgan fingerprint density at radius 1 is 0.706 bits per heavy atom. The number of para-hydroxylation sites is 1. The summed E-state index contributed by atoms with van der Waals surface area (Å²) in [5.41, 5.74) is 2.31. The van der Waals surface area contributed by atoms with Crippen LogP contribution in [0.5, 0.6) is 11.5 Å². The van der Waals surface area contributed by atoms with E-state index in [1.54, 1.807) is 78.1 Å². The van der Waals surface area contributed by atoms with Crippen LogP contribution in [0.4, 0.5) is 0 Å². The van der Waals surface area contributed by atoms with Gasteiger partial charge in [0.25, 0.3) is 6.33 Å². The Balaban J connectivity index is 1.29. The summed E-state index contributed by atoms with van der Waals surface area (Å²) in [5, 5.41) is 2.16. The Kier molecular flexibility index (Phi) is 6.91. The van der Waals surface area contributed by atoms with Crippen molar-refractivity contribution in [2.45, 2.75) is 80.5 Å². The molecule has 0 aliphatic heterocycles. The third kappa shape index (κ3) is 7.61. The number of pyridine rings is 2. The van der Waals surface area contributed by atoms with E-state index < -0.39 is 23.6 Å². The number of fused-ring (bicyclic) bond motifs is 3. The van der Waals surface area contributed by atoms with Gasteiger partial charge < -0.3 is 4.74 Å². The number of nitrogens with zero attached hydrogens (tertiary/aromatic N) is 5. The van der Waals surface area contributed by atoms with E-state index in [0.29, 0.717) is 17.2 Å². The lowest BCUT2D eigenvalue weighted by Gasteiger charge is -2.22. The average Bonchev–Trinajstić information content (AvgIpc) is 3.63. The van der Waals surface area contributed by atoms with E-state index in [1.807, 2.05) is 36.5 Å². The van der Waals surface area contributed by atoms with E-state index in [4.69, 9.17) is 17.9 Å². The van der Waals surface area contributed by atoms with Gasteiger partial charge in [0.2, 0.25) is 0 Å². The van der Waals surface area contributed by atoms with Gasteiger partial charge >= 0.3 is 0 Å². The van der Waals surface area contributed by atoms with Crippen molar-refractivity contribution in [1.82, 2.24) is 19.1 Å². The summed E-state index contributed by atoms with van der Waals surface area (Å²) in [6.07, 6.45) is 2.36. The van der Waals surface area contributed by atoms with Crippen LogP contribution in [-0.4, -0.2) is 19.1 Å². The van der Waals surface area contributed by atoms with Gasteiger partial charge in [0.15, 0.2) is 5.82 Å². The minimum absolute atomic E-state index is 0.0586. The molecule has 0 atom stereocenters. The number of imidazole rings is 1. The summed E-state index contributed by atoms with van der Waals surface area (Å²) >= 11 is 0. The standard InChI is InChI=1S/C45H49N5O/c1-43(2,3)28-31-22-32(29-44(4,5)6)24-34(23-31)48-20-21-49(30-48)41-27-36(17-19-46-41)51-35-14-15-38-37-12-10-11-13-39(37)50(40(38)26-35)42-25-33(16-18-47-42)45(7,8)9/h10-27H,28-29H2,1-9H3/i20D,21D,28D2,29D2. The number of rotatable bonds is 7. The minimum atomic E-state index is -1.85. The molecule has 0 spiro atoms. The van der Waals surface area contributed by atoms with Crippen molar-refractivity contribution >= 4 is 21.8 Å². The highest BCUT2D eigenvalue weighted by Crippen LogP contribution is 2.36. The Bertz CT molecular complexity index is 2610. The van der Waals surface area contributed by atoms with Crippen molar-refractivity contribution in [3.63, 3.8) is 0 Å². The molecule has 7 aromatic rings. The summed E-state index contributed by atoms with van der Waals surface area (Å²) in [7, 11) is 0. The van der Waals surface area contributed by atoms with E-state index in [-0.39, 0.29) is 34.7 Å². The summed E-state index contributed by atoms with van der Waals surface area (Å²) in [4.78, 5) is 9.29.